The van der Waals surface area contributed by atoms with Gasteiger partial charge in [0.05, 0.1) is 12.3 Å². The highest BCUT2D eigenvalue weighted by molar-refractivity contribution is 5.89. The molecule has 0 aliphatic carbocycles. The van der Waals surface area contributed by atoms with E-state index in [2.05, 4.69) is 25.8 Å². The van der Waals surface area contributed by atoms with E-state index in [9.17, 15) is 8.78 Å². The fraction of sp³-hybridized carbons (Fsp3) is 0.531. The molecule has 1 aromatic heterocycles. The van der Waals surface area contributed by atoms with Crippen LogP contribution in [0.15, 0.2) is 30.3 Å². The summed E-state index contributed by atoms with van der Waals surface area (Å²) in [4.78, 5) is 3.94. The largest absolute Gasteiger partial charge is 0.488 e. The Balaban J connectivity index is 1.65. The molecule has 6 heteroatoms. The average molecular weight is 532 g/mol. The molecule has 0 saturated carbocycles. The number of unbranched alkanes of at least 4 members (excludes halogenated alkanes) is 7. The minimum absolute atomic E-state index is 0.00488. The van der Waals surface area contributed by atoms with Gasteiger partial charge in [-0.05, 0) is 43.4 Å². The Kier molecular flexibility index (Phi) is 11.9. The summed E-state index contributed by atoms with van der Waals surface area (Å²) in [7, 11) is 0. The Labute approximate surface area is 224 Å². The van der Waals surface area contributed by atoms with Gasteiger partial charge in [-0.3, -0.25) is 0 Å². The van der Waals surface area contributed by atoms with Gasteiger partial charge in [0.25, 0.3) is 0 Å². The zero-order valence-corrected chi connectivity index (χ0v) is 23.0. The molecule has 0 radical (unpaired) electrons. The van der Waals surface area contributed by atoms with Crippen molar-refractivity contribution in [1.82, 2.24) is 4.98 Å². The van der Waals surface area contributed by atoms with Crippen LogP contribution in [0.5, 0.6) is 5.75 Å². The topological polar surface area (TPSA) is 22.1 Å². The molecule has 208 valence electrons. The van der Waals surface area contributed by atoms with Crippen LogP contribution < -0.4 is 4.74 Å². The normalized spacial score (nSPS) is 12.3. The lowest BCUT2D eigenvalue weighted by atomic mass is 10.0. The van der Waals surface area contributed by atoms with Crippen molar-refractivity contribution in [1.29, 1.82) is 0 Å². The number of nitrogens with zero attached hydrogens (tertiary/aromatic N) is 1. The first kappa shape index (κ1) is 29.9. The van der Waals surface area contributed by atoms with Crippen molar-refractivity contribution < 1.29 is 22.3 Å². The zero-order chi connectivity index (χ0) is 27.5. The summed E-state index contributed by atoms with van der Waals surface area (Å²) >= 11 is 0. The maximum atomic E-state index is 15.4. The van der Waals surface area contributed by atoms with Crippen LogP contribution in [-0.2, 0) is 6.42 Å². The number of aryl methyl sites for hydroxylation is 1. The highest BCUT2D eigenvalue weighted by Crippen LogP contribution is 2.35. The number of hydrogen-bond acceptors (Lipinski definition) is 2. The van der Waals surface area contributed by atoms with Crippen molar-refractivity contribution in [2.75, 3.05) is 6.61 Å². The van der Waals surface area contributed by atoms with E-state index in [0.29, 0.717) is 18.4 Å². The number of rotatable bonds is 16. The number of ether oxygens (including phenoxy) is 1. The molecule has 1 heterocycles. The Hall–Kier alpha value is -2.63. The third-order valence-electron chi connectivity index (χ3n) is 7.39. The van der Waals surface area contributed by atoms with Crippen molar-refractivity contribution in [2.24, 2.45) is 5.92 Å². The molecule has 2 nitrogen and oxygen atoms in total. The van der Waals surface area contributed by atoms with Crippen molar-refractivity contribution >= 4 is 10.8 Å². The molecule has 2 aromatic carbocycles. The minimum Gasteiger partial charge on any atom is -0.488 e. The monoisotopic (exact) mass is 531 g/mol. The molecule has 0 aliphatic heterocycles. The Morgan fingerprint density at radius 1 is 0.789 bits per heavy atom. The Morgan fingerprint density at radius 3 is 2.26 bits per heavy atom. The van der Waals surface area contributed by atoms with E-state index in [4.69, 9.17) is 4.74 Å². The van der Waals surface area contributed by atoms with Crippen LogP contribution in [0.1, 0.15) is 97.0 Å². The standard InChI is InChI=1S/C32H41F4NO/c1-4-6-7-12-15-23-16-19-28(37-32(23)36)25-18-17-24-26(29(25)34)21-27(33)31(30(24)35)38-20-13-10-8-9-11-14-22(3)5-2/h16-19,21-22H,4-15,20H2,1-3H3. The van der Waals surface area contributed by atoms with Crippen molar-refractivity contribution in [3.8, 4) is 17.0 Å². The summed E-state index contributed by atoms with van der Waals surface area (Å²) in [5.41, 5.74) is 0.565. The van der Waals surface area contributed by atoms with Crippen molar-refractivity contribution in [3.63, 3.8) is 0 Å². The predicted molar refractivity (Wildman–Crippen MR) is 148 cm³/mol. The SMILES string of the molecule is CCCCCCc1ccc(-c2ccc3c(F)c(OCCCCCCCC(C)CC)c(F)cc3c2F)nc1F. The molecule has 3 rings (SSSR count). The molecule has 0 N–H and O–H groups in total. The first-order chi connectivity index (χ1) is 18.4. The van der Waals surface area contributed by atoms with E-state index in [1.165, 1.54) is 31.4 Å². The van der Waals surface area contributed by atoms with Crippen LogP contribution in [-0.4, -0.2) is 11.6 Å². The van der Waals surface area contributed by atoms with Gasteiger partial charge in [-0.1, -0.05) is 90.7 Å². The number of aromatic nitrogens is 1. The summed E-state index contributed by atoms with van der Waals surface area (Å²) in [6.07, 6.45) is 12.1. The number of pyridine rings is 1. The second-order valence-corrected chi connectivity index (χ2v) is 10.4. The first-order valence-electron chi connectivity index (χ1n) is 14.3. The maximum Gasteiger partial charge on any atom is 0.216 e. The number of benzene rings is 2. The molecule has 1 unspecified atom stereocenters. The second-order valence-electron chi connectivity index (χ2n) is 10.4. The molecule has 1 atom stereocenters. The van der Waals surface area contributed by atoms with E-state index < -0.39 is 29.1 Å². The van der Waals surface area contributed by atoms with E-state index in [1.807, 2.05) is 0 Å². The van der Waals surface area contributed by atoms with Crippen LogP contribution in [0, 0.1) is 29.3 Å². The number of fused-ring (bicyclic) bond motifs is 1. The van der Waals surface area contributed by atoms with Crippen LogP contribution >= 0.6 is 0 Å². The first-order valence-corrected chi connectivity index (χ1v) is 14.3. The Morgan fingerprint density at radius 2 is 1.53 bits per heavy atom. The van der Waals surface area contributed by atoms with Crippen molar-refractivity contribution in [3.05, 3.63) is 59.3 Å². The summed E-state index contributed by atoms with van der Waals surface area (Å²) in [5, 5.41) is -0.308. The van der Waals surface area contributed by atoms with E-state index in [0.717, 1.165) is 56.9 Å². The highest BCUT2D eigenvalue weighted by Gasteiger charge is 2.20. The third kappa shape index (κ3) is 7.94. The van der Waals surface area contributed by atoms with Crippen LogP contribution in [0.4, 0.5) is 17.6 Å². The molecular formula is C32H41F4NO. The summed E-state index contributed by atoms with van der Waals surface area (Å²) in [5.74, 6) is -3.11. The molecule has 38 heavy (non-hydrogen) atoms. The summed E-state index contributed by atoms with van der Waals surface area (Å²) in [6, 6.07) is 6.82. The molecular weight excluding hydrogens is 490 g/mol. The molecule has 0 spiro atoms. The molecule has 0 amide bonds. The summed E-state index contributed by atoms with van der Waals surface area (Å²) < 4.78 is 65.2. The molecule has 3 aromatic rings. The van der Waals surface area contributed by atoms with E-state index >= 15 is 8.78 Å². The van der Waals surface area contributed by atoms with Gasteiger partial charge in [-0.2, -0.15) is 4.39 Å². The summed E-state index contributed by atoms with van der Waals surface area (Å²) in [6.45, 7) is 6.77. The highest BCUT2D eigenvalue weighted by atomic mass is 19.1. The maximum absolute atomic E-state index is 15.4. The fourth-order valence-electron chi connectivity index (χ4n) is 4.72. The number of halogens is 4. The van der Waals surface area contributed by atoms with Crippen LogP contribution in [0.25, 0.3) is 22.0 Å². The molecule has 0 aliphatic rings. The average Bonchev–Trinajstić information content (AvgIpc) is 2.91. The van der Waals surface area contributed by atoms with Gasteiger partial charge in [0.15, 0.2) is 17.4 Å². The van der Waals surface area contributed by atoms with Gasteiger partial charge in [0.1, 0.15) is 5.82 Å². The van der Waals surface area contributed by atoms with Gasteiger partial charge >= 0.3 is 0 Å². The lowest BCUT2D eigenvalue weighted by molar-refractivity contribution is 0.276. The lowest BCUT2D eigenvalue weighted by Gasteiger charge is -2.13. The second kappa shape index (κ2) is 15.1. The fourth-order valence-corrected chi connectivity index (χ4v) is 4.72. The smallest absolute Gasteiger partial charge is 0.216 e. The van der Waals surface area contributed by atoms with E-state index in [-0.39, 0.29) is 28.6 Å². The minimum atomic E-state index is -0.957. The molecule has 0 bridgehead atoms. The third-order valence-corrected chi connectivity index (χ3v) is 7.39. The van der Waals surface area contributed by atoms with Gasteiger partial charge in [-0.25, -0.2) is 18.2 Å². The lowest BCUT2D eigenvalue weighted by Crippen LogP contribution is -2.03. The quantitative estimate of drug-likeness (QED) is 0.104. The van der Waals surface area contributed by atoms with Gasteiger partial charge in [0, 0.05) is 21.9 Å². The van der Waals surface area contributed by atoms with Crippen LogP contribution in [0.2, 0.25) is 0 Å². The van der Waals surface area contributed by atoms with Gasteiger partial charge < -0.3 is 4.74 Å². The van der Waals surface area contributed by atoms with Gasteiger partial charge in [-0.15, -0.1) is 0 Å². The molecule has 0 saturated heterocycles. The predicted octanol–water partition coefficient (Wildman–Crippen LogP) is 10.3. The molecule has 0 fully saturated rings. The Bertz CT molecular complexity index is 1180. The van der Waals surface area contributed by atoms with Gasteiger partial charge in [0.2, 0.25) is 5.95 Å². The number of hydrogen-bond donors (Lipinski definition) is 0. The zero-order valence-electron chi connectivity index (χ0n) is 23.0. The van der Waals surface area contributed by atoms with E-state index in [1.54, 1.807) is 12.1 Å². The van der Waals surface area contributed by atoms with Crippen molar-refractivity contribution in [2.45, 2.75) is 97.8 Å². The van der Waals surface area contributed by atoms with Crippen LogP contribution in [0.3, 0.4) is 0 Å².